The van der Waals surface area contributed by atoms with Crippen LogP contribution in [-0.2, 0) is 11.3 Å². The van der Waals surface area contributed by atoms with Crippen molar-refractivity contribution in [3.05, 3.63) is 61.4 Å². The third-order valence-electron chi connectivity index (χ3n) is 5.84. The smallest absolute Gasteiger partial charge is 0.343 e. The average molecular weight is 538 g/mol. The summed E-state index contributed by atoms with van der Waals surface area (Å²) in [7, 11) is 0. The van der Waals surface area contributed by atoms with E-state index in [0.717, 1.165) is 6.07 Å². The van der Waals surface area contributed by atoms with Crippen molar-refractivity contribution in [3.8, 4) is 5.69 Å². The molecule has 0 bridgehead atoms. The highest BCUT2D eigenvalue weighted by molar-refractivity contribution is 9.10. The number of hydrogen-bond acceptors (Lipinski definition) is 7. The SMILES string of the molecule is CCOC(=O)c1cn(-c2cc(N)c(F)cc2CO)c2c(Br)c(N3CC(O)C3)c(F)c(C)c2c1=O. The lowest BCUT2D eigenvalue weighted by Gasteiger charge is -2.39. The molecule has 34 heavy (non-hydrogen) atoms. The quantitative estimate of drug-likeness (QED) is 0.338. The van der Waals surface area contributed by atoms with Crippen molar-refractivity contribution in [2.45, 2.75) is 26.6 Å². The van der Waals surface area contributed by atoms with Gasteiger partial charge in [-0.2, -0.15) is 0 Å². The fourth-order valence-electron chi connectivity index (χ4n) is 4.10. The third kappa shape index (κ3) is 3.73. The lowest BCUT2D eigenvalue weighted by atomic mass is 10.0. The molecule has 2 aromatic carbocycles. The van der Waals surface area contributed by atoms with E-state index in [9.17, 15) is 24.2 Å². The van der Waals surface area contributed by atoms with Crippen LogP contribution in [0.15, 0.2) is 27.6 Å². The maximum atomic E-state index is 15.5. The van der Waals surface area contributed by atoms with Crippen LogP contribution in [0.2, 0.25) is 0 Å². The zero-order valence-electron chi connectivity index (χ0n) is 18.4. The molecular weight excluding hydrogens is 516 g/mol. The molecule has 3 aromatic rings. The van der Waals surface area contributed by atoms with Crippen molar-refractivity contribution >= 4 is 44.2 Å². The van der Waals surface area contributed by atoms with Crippen molar-refractivity contribution in [1.82, 2.24) is 4.57 Å². The third-order valence-corrected chi connectivity index (χ3v) is 6.59. The summed E-state index contributed by atoms with van der Waals surface area (Å²) in [5.41, 5.74) is 5.09. The van der Waals surface area contributed by atoms with E-state index in [-0.39, 0.29) is 68.8 Å². The molecule has 1 fully saturated rings. The maximum absolute atomic E-state index is 15.5. The van der Waals surface area contributed by atoms with E-state index in [4.69, 9.17) is 10.5 Å². The molecule has 1 aromatic heterocycles. The number of β-amino-alcohol motifs (C(OH)–C–C–N with tert-alkyl or cyclic N) is 1. The summed E-state index contributed by atoms with van der Waals surface area (Å²) < 4.78 is 36.3. The van der Waals surface area contributed by atoms with Gasteiger partial charge in [-0.25, -0.2) is 13.6 Å². The number of hydrogen-bond donors (Lipinski definition) is 3. The lowest BCUT2D eigenvalue weighted by Crippen LogP contribution is -2.51. The van der Waals surface area contributed by atoms with Crippen LogP contribution in [0.5, 0.6) is 0 Å². The van der Waals surface area contributed by atoms with Crippen LogP contribution in [-0.4, -0.2) is 46.5 Å². The number of pyridine rings is 1. The standard InChI is InChI=1S/C23H22BrF2N3O5/c1-3-34-23(33)13-8-29(16-5-15(27)14(25)4-11(16)9-30)20-17(22(13)32)10(2)19(26)21(18(20)24)28-6-12(31)7-28/h4-5,8,12,30-31H,3,6-7,9,27H2,1-2H3. The number of aliphatic hydroxyl groups excluding tert-OH is 2. The number of esters is 1. The molecule has 1 aliphatic rings. The second kappa shape index (κ2) is 8.97. The van der Waals surface area contributed by atoms with E-state index in [1.54, 1.807) is 11.8 Å². The normalized spacial score (nSPS) is 13.9. The minimum atomic E-state index is -0.908. The van der Waals surface area contributed by atoms with E-state index in [2.05, 4.69) is 15.9 Å². The van der Waals surface area contributed by atoms with Gasteiger partial charge in [0.2, 0.25) is 5.43 Å². The zero-order chi connectivity index (χ0) is 24.9. The summed E-state index contributed by atoms with van der Waals surface area (Å²) in [4.78, 5) is 27.6. The molecule has 1 saturated heterocycles. The number of carbonyl (C=O) groups excluding carboxylic acids is 1. The number of fused-ring (bicyclic) bond motifs is 1. The number of benzene rings is 2. The van der Waals surface area contributed by atoms with Crippen LogP contribution in [0.3, 0.4) is 0 Å². The Kier molecular flexibility index (Phi) is 6.36. The number of nitrogens with zero attached hydrogens (tertiary/aromatic N) is 2. The van der Waals surface area contributed by atoms with Crippen LogP contribution in [0, 0.1) is 18.6 Å². The van der Waals surface area contributed by atoms with Crippen LogP contribution in [0.25, 0.3) is 16.6 Å². The molecule has 0 amide bonds. The van der Waals surface area contributed by atoms with Crippen molar-refractivity contribution < 1.29 is 28.5 Å². The second-order valence-electron chi connectivity index (χ2n) is 8.01. The van der Waals surface area contributed by atoms with Gasteiger partial charge in [0.05, 0.1) is 51.8 Å². The summed E-state index contributed by atoms with van der Waals surface area (Å²) >= 11 is 3.41. The molecule has 180 valence electrons. The number of rotatable bonds is 5. The molecule has 11 heteroatoms. The van der Waals surface area contributed by atoms with Gasteiger partial charge in [-0.15, -0.1) is 0 Å². The van der Waals surface area contributed by atoms with Gasteiger partial charge in [0.25, 0.3) is 0 Å². The summed E-state index contributed by atoms with van der Waals surface area (Å²) in [6.45, 7) is 2.81. The minimum absolute atomic E-state index is 0.00889. The van der Waals surface area contributed by atoms with E-state index in [0.29, 0.717) is 0 Å². The molecule has 0 radical (unpaired) electrons. The summed E-state index contributed by atoms with van der Waals surface area (Å²) in [5, 5.41) is 19.5. The molecule has 0 aliphatic carbocycles. The number of aromatic nitrogens is 1. The Balaban J connectivity index is 2.18. The number of nitrogen functional groups attached to an aromatic ring is 1. The molecular formula is C23H22BrF2N3O5. The largest absolute Gasteiger partial charge is 0.462 e. The Labute approximate surface area is 201 Å². The summed E-state index contributed by atoms with van der Waals surface area (Å²) in [5.74, 6) is -2.34. The van der Waals surface area contributed by atoms with Crippen LogP contribution < -0.4 is 16.1 Å². The van der Waals surface area contributed by atoms with Crippen molar-refractivity contribution in [3.63, 3.8) is 0 Å². The first-order valence-electron chi connectivity index (χ1n) is 10.5. The van der Waals surface area contributed by atoms with E-state index in [1.807, 2.05) is 0 Å². The highest BCUT2D eigenvalue weighted by atomic mass is 79.9. The van der Waals surface area contributed by atoms with Crippen molar-refractivity contribution in [1.29, 1.82) is 0 Å². The monoisotopic (exact) mass is 537 g/mol. The molecule has 1 aliphatic heterocycles. The molecule has 4 rings (SSSR count). The van der Waals surface area contributed by atoms with Gasteiger partial charge in [0.15, 0.2) is 5.82 Å². The van der Waals surface area contributed by atoms with Gasteiger partial charge in [-0.3, -0.25) is 4.79 Å². The predicted octanol–water partition coefficient (Wildman–Crippen LogP) is 2.77. The fourth-order valence-corrected chi connectivity index (χ4v) is 4.92. The maximum Gasteiger partial charge on any atom is 0.343 e. The van der Waals surface area contributed by atoms with Crippen LogP contribution in [0.4, 0.5) is 20.2 Å². The Morgan fingerprint density at radius 2 is 2.00 bits per heavy atom. The van der Waals surface area contributed by atoms with E-state index < -0.39 is 35.7 Å². The molecule has 2 heterocycles. The Bertz CT molecular complexity index is 1390. The molecule has 8 nitrogen and oxygen atoms in total. The number of ether oxygens (including phenoxy) is 1. The average Bonchev–Trinajstić information content (AvgIpc) is 2.77. The van der Waals surface area contributed by atoms with E-state index >= 15 is 4.39 Å². The zero-order valence-corrected chi connectivity index (χ0v) is 19.9. The van der Waals surface area contributed by atoms with Gasteiger partial charge >= 0.3 is 5.97 Å². The number of aliphatic hydroxyl groups is 2. The molecule has 0 spiro atoms. The first-order chi connectivity index (χ1) is 16.1. The Morgan fingerprint density at radius 1 is 1.32 bits per heavy atom. The first-order valence-corrected chi connectivity index (χ1v) is 11.3. The molecule has 0 saturated carbocycles. The van der Waals surface area contributed by atoms with Crippen LogP contribution in [0.1, 0.15) is 28.4 Å². The number of halogens is 3. The van der Waals surface area contributed by atoms with Gasteiger partial charge in [0, 0.05) is 30.4 Å². The van der Waals surface area contributed by atoms with E-state index in [1.165, 1.54) is 23.8 Å². The Morgan fingerprint density at radius 3 is 2.59 bits per heavy atom. The second-order valence-corrected chi connectivity index (χ2v) is 8.80. The number of anilines is 2. The van der Waals surface area contributed by atoms with Gasteiger partial charge < -0.3 is 30.2 Å². The summed E-state index contributed by atoms with van der Waals surface area (Å²) in [6, 6.07) is 2.31. The number of carbonyl (C=O) groups is 1. The van der Waals surface area contributed by atoms with Crippen molar-refractivity contribution in [2.24, 2.45) is 0 Å². The van der Waals surface area contributed by atoms with Crippen molar-refractivity contribution in [2.75, 3.05) is 30.3 Å². The highest BCUT2D eigenvalue weighted by Gasteiger charge is 2.33. The fraction of sp³-hybridized carbons (Fsp3) is 0.304. The minimum Gasteiger partial charge on any atom is -0.462 e. The molecule has 0 atom stereocenters. The number of nitrogens with two attached hydrogens (primary N) is 1. The number of aryl methyl sites for hydroxylation is 1. The van der Waals surface area contributed by atoms with Gasteiger partial charge in [0.1, 0.15) is 11.4 Å². The lowest BCUT2D eigenvalue weighted by molar-refractivity contribution is 0.0524. The molecule has 0 unspecified atom stereocenters. The summed E-state index contributed by atoms with van der Waals surface area (Å²) in [6.07, 6.45) is 0.597. The van der Waals surface area contributed by atoms with Crippen LogP contribution >= 0.6 is 15.9 Å². The van der Waals surface area contributed by atoms with Gasteiger partial charge in [-0.1, -0.05) is 0 Å². The predicted molar refractivity (Wildman–Crippen MR) is 126 cm³/mol. The Hall–Kier alpha value is -3.02. The topological polar surface area (TPSA) is 118 Å². The van der Waals surface area contributed by atoms with Gasteiger partial charge in [-0.05, 0) is 41.9 Å². The first kappa shape index (κ1) is 24.1. The highest BCUT2D eigenvalue weighted by Crippen LogP contribution is 2.41. The molecule has 4 N–H and O–H groups in total.